The third-order valence-electron chi connectivity index (χ3n) is 5.80. The molecule has 1 nitrogen and oxygen atoms in total. The standard InChI is InChI=1S/C30H24O/c1-21-17-27-28-19-25(15-13-23-9-5-3-6-10-23)26(16-14-24-11-7-4-8-12-24)20-30(28)31-29(27)18-22(21)2/h3-20H,1-2H3/b15-13+,16-14+. The van der Waals surface area contributed by atoms with Crippen LogP contribution in [0.25, 0.3) is 46.2 Å². The van der Waals surface area contributed by atoms with Crippen molar-refractivity contribution in [2.45, 2.75) is 13.8 Å². The third-order valence-corrected chi connectivity index (χ3v) is 5.80. The minimum absolute atomic E-state index is 0.921. The van der Waals surface area contributed by atoms with Crippen molar-refractivity contribution >= 4 is 46.2 Å². The van der Waals surface area contributed by atoms with Crippen LogP contribution in [0.1, 0.15) is 33.4 Å². The fraction of sp³-hybridized carbons (Fsp3) is 0.0667. The van der Waals surface area contributed by atoms with Crippen molar-refractivity contribution in [3.63, 3.8) is 0 Å². The van der Waals surface area contributed by atoms with Crippen LogP contribution in [0.2, 0.25) is 0 Å². The van der Waals surface area contributed by atoms with E-state index in [1.165, 1.54) is 33.2 Å². The summed E-state index contributed by atoms with van der Waals surface area (Å²) in [6.07, 6.45) is 8.68. The molecule has 150 valence electrons. The van der Waals surface area contributed by atoms with Gasteiger partial charge < -0.3 is 4.42 Å². The lowest BCUT2D eigenvalue weighted by atomic mass is 9.99. The van der Waals surface area contributed by atoms with Crippen molar-refractivity contribution in [2.75, 3.05) is 0 Å². The number of hydrogen-bond acceptors (Lipinski definition) is 1. The molecule has 0 unspecified atom stereocenters. The van der Waals surface area contributed by atoms with E-state index in [1.807, 2.05) is 12.1 Å². The second-order valence-corrected chi connectivity index (χ2v) is 8.00. The molecule has 0 bridgehead atoms. The molecule has 0 aliphatic carbocycles. The summed E-state index contributed by atoms with van der Waals surface area (Å²) >= 11 is 0. The molecule has 1 heteroatoms. The molecular formula is C30H24O. The first-order valence-corrected chi connectivity index (χ1v) is 10.6. The Morgan fingerprint density at radius 1 is 0.516 bits per heavy atom. The highest BCUT2D eigenvalue weighted by atomic mass is 16.3. The molecule has 0 N–H and O–H groups in total. The number of furan rings is 1. The number of rotatable bonds is 4. The minimum Gasteiger partial charge on any atom is -0.456 e. The Hall–Kier alpha value is -3.84. The van der Waals surface area contributed by atoms with Gasteiger partial charge in [0.25, 0.3) is 0 Å². The predicted molar refractivity (Wildman–Crippen MR) is 134 cm³/mol. The van der Waals surface area contributed by atoms with Crippen molar-refractivity contribution < 1.29 is 4.42 Å². The molecule has 0 aliphatic heterocycles. The van der Waals surface area contributed by atoms with E-state index < -0.39 is 0 Å². The molecule has 0 aliphatic rings. The van der Waals surface area contributed by atoms with Crippen LogP contribution < -0.4 is 0 Å². The minimum atomic E-state index is 0.921. The van der Waals surface area contributed by atoms with Gasteiger partial charge in [-0.25, -0.2) is 0 Å². The van der Waals surface area contributed by atoms with Crippen molar-refractivity contribution in [1.29, 1.82) is 0 Å². The monoisotopic (exact) mass is 400 g/mol. The summed E-state index contributed by atoms with van der Waals surface area (Å²) in [7, 11) is 0. The molecule has 0 saturated heterocycles. The molecule has 0 spiro atoms. The normalized spacial score (nSPS) is 11.9. The van der Waals surface area contributed by atoms with Crippen LogP contribution in [-0.2, 0) is 0 Å². The first kappa shape index (κ1) is 19.1. The van der Waals surface area contributed by atoms with Gasteiger partial charge in [-0.15, -0.1) is 0 Å². The highest BCUT2D eigenvalue weighted by molar-refractivity contribution is 6.07. The van der Waals surface area contributed by atoms with Crippen LogP contribution in [0.3, 0.4) is 0 Å². The van der Waals surface area contributed by atoms with Crippen LogP contribution in [-0.4, -0.2) is 0 Å². The SMILES string of the molecule is Cc1cc2oc3cc(/C=C/c4ccccc4)c(/C=C/c4ccccc4)cc3c2cc1C. The van der Waals surface area contributed by atoms with Crippen LogP contribution >= 0.6 is 0 Å². The Morgan fingerprint density at radius 2 is 1.00 bits per heavy atom. The molecule has 31 heavy (non-hydrogen) atoms. The second-order valence-electron chi connectivity index (χ2n) is 8.00. The average molecular weight is 401 g/mol. The van der Waals surface area contributed by atoms with Gasteiger partial charge in [-0.2, -0.15) is 0 Å². The van der Waals surface area contributed by atoms with Gasteiger partial charge in [-0.3, -0.25) is 0 Å². The fourth-order valence-corrected chi connectivity index (χ4v) is 3.90. The fourth-order valence-electron chi connectivity index (χ4n) is 3.90. The number of fused-ring (bicyclic) bond motifs is 3. The summed E-state index contributed by atoms with van der Waals surface area (Å²) in [6, 6.07) is 29.6. The van der Waals surface area contributed by atoms with E-state index >= 15 is 0 Å². The van der Waals surface area contributed by atoms with E-state index in [0.717, 1.165) is 22.1 Å². The second kappa shape index (κ2) is 8.12. The maximum absolute atomic E-state index is 6.24. The van der Waals surface area contributed by atoms with Crippen molar-refractivity contribution in [3.05, 3.63) is 118 Å². The molecule has 5 rings (SSSR count). The first-order chi connectivity index (χ1) is 15.2. The third kappa shape index (κ3) is 3.95. The molecule has 4 aromatic carbocycles. The quantitative estimate of drug-likeness (QED) is 0.275. The van der Waals surface area contributed by atoms with Crippen LogP contribution in [0.5, 0.6) is 0 Å². The lowest BCUT2D eigenvalue weighted by molar-refractivity contribution is 0.668. The summed E-state index contributed by atoms with van der Waals surface area (Å²) in [5.41, 5.74) is 9.07. The molecule has 1 heterocycles. The molecule has 0 saturated carbocycles. The Kier molecular flexibility index (Phi) is 5.01. The highest BCUT2D eigenvalue weighted by Gasteiger charge is 2.11. The first-order valence-electron chi connectivity index (χ1n) is 10.6. The van der Waals surface area contributed by atoms with Crippen LogP contribution in [0.4, 0.5) is 0 Å². The van der Waals surface area contributed by atoms with E-state index in [4.69, 9.17) is 4.42 Å². The topological polar surface area (TPSA) is 13.1 Å². The predicted octanol–water partition coefficient (Wildman–Crippen LogP) is 8.54. The molecule has 0 amide bonds. The molecular weight excluding hydrogens is 376 g/mol. The van der Waals surface area contributed by atoms with E-state index in [2.05, 4.69) is 111 Å². The maximum atomic E-state index is 6.24. The van der Waals surface area contributed by atoms with Gasteiger partial charge in [-0.05, 0) is 71.5 Å². The van der Waals surface area contributed by atoms with E-state index in [-0.39, 0.29) is 0 Å². The van der Waals surface area contributed by atoms with Crippen LogP contribution in [0.15, 0.2) is 89.3 Å². The molecule has 1 aromatic heterocycles. The van der Waals surface area contributed by atoms with E-state index in [9.17, 15) is 0 Å². The van der Waals surface area contributed by atoms with Gasteiger partial charge in [-0.1, -0.05) is 85.0 Å². The largest absolute Gasteiger partial charge is 0.456 e. The molecule has 0 radical (unpaired) electrons. The Balaban J connectivity index is 1.67. The molecule has 5 aromatic rings. The lowest BCUT2D eigenvalue weighted by Gasteiger charge is -2.03. The average Bonchev–Trinajstić information content (AvgIpc) is 3.13. The van der Waals surface area contributed by atoms with Gasteiger partial charge in [0.2, 0.25) is 0 Å². The van der Waals surface area contributed by atoms with Gasteiger partial charge in [0.1, 0.15) is 11.2 Å². The zero-order valence-electron chi connectivity index (χ0n) is 17.8. The summed E-state index contributed by atoms with van der Waals surface area (Å²) < 4.78 is 6.24. The summed E-state index contributed by atoms with van der Waals surface area (Å²) in [6.45, 7) is 4.28. The maximum Gasteiger partial charge on any atom is 0.136 e. The lowest BCUT2D eigenvalue weighted by Crippen LogP contribution is -1.83. The number of aryl methyl sites for hydroxylation is 2. The number of hydrogen-bond donors (Lipinski definition) is 0. The Labute approximate surface area is 183 Å². The van der Waals surface area contributed by atoms with Crippen LogP contribution in [0, 0.1) is 13.8 Å². The van der Waals surface area contributed by atoms with E-state index in [1.54, 1.807) is 0 Å². The van der Waals surface area contributed by atoms with Gasteiger partial charge in [0.05, 0.1) is 0 Å². The summed E-state index contributed by atoms with van der Waals surface area (Å²) in [5.74, 6) is 0. The summed E-state index contributed by atoms with van der Waals surface area (Å²) in [5, 5.41) is 2.33. The highest BCUT2D eigenvalue weighted by Crippen LogP contribution is 2.34. The van der Waals surface area contributed by atoms with E-state index in [0.29, 0.717) is 0 Å². The molecule has 0 atom stereocenters. The van der Waals surface area contributed by atoms with Gasteiger partial charge in [0.15, 0.2) is 0 Å². The number of benzene rings is 4. The van der Waals surface area contributed by atoms with Crippen molar-refractivity contribution in [3.8, 4) is 0 Å². The zero-order valence-corrected chi connectivity index (χ0v) is 17.8. The molecule has 0 fully saturated rings. The Morgan fingerprint density at radius 3 is 1.61 bits per heavy atom. The smallest absolute Gasteiger partial charge is 0.136 e. The zero-order chi connectivity index (χ0) is 21.2. The summed E-state index contributed by atoms with van der Waals surface area (Å²) in [4.78, 5) is 0. The van der Waals surface area contributed by atoms with Crippen molar-refractivity contribution in [1.82, 2.24) is 0 Å². The van der Waals surface area contributed by atoms with Gasteiger partial charge in [0, 0.05) is 10.8 Å². The van der Waals surface area contributed by atoms with Crippen molar-refractivity contribution in [2.24, 2.45) is 0 Å². The van der Waals surface area contributed by atoms with Gasteiger partial charge >= 0.3 is 0 Å². The Bertz CT molecular complexity index is 1420.